The number of aromatic nitrogens is 1. The quantitative estimate of drug-likeness (QED) is 0.463. The van der Waals surface area contributed by atoms with E-state index >= 15 is 0 Å². The minimum absolute atomic E-state index is 0.145. The van der Waals surface area contributed by atoms with E-state index in [4.69, 9.17) is 16.3 Å². The van der Waals surface area contributed by atoms with Crippen molar-refractivity contribution < 1.29 is 14.3 Å². The van der Waals surface area contributed by atoms with E-state index in [1.807, 2.05) is 32.9 Å². The predicted molar refractivity (Wildman–Crippen MR) is 141 cm³/mol. The maximum Gasteiger partial charge on any atom is 0.337 e. The zero-order valence-electron chi connectivity index (χ0n) is 20.4. The third-order valence-corrected chi connectivity index (χ3v) is 7.35. The van der Waals surface area contributed by atoms with Crippen LogP contribution in [0.1, 0.15) is 48.3 Å². The number of halogens is 1. The number of carbonyl (C=O) groups excluding carboxylic acids is 2. The number of amides is 1. The summed E-state index contributed by atoms with van der Waals surface area (Å²) in [4.78, 5) is 45.9. The molecule has 0 saturated carbocycles. The van der Waals surface area contributed by atoms with Crippen LogP contribution < -0.4 is 14.9 Å². The van der Waals surface area contributed by atoms with Gasteiger partial charge in [0.05, 0.1) is 34.5 Å². The molecule has 0 aliphatic carbocycles. The van der Waals surface area contributed by atoms with Crippen molar-refractivity contribution in [1.82, 2.24) is 9.47 Å². The van der Waals surface area contributed by atoms with Crippen LogP contribution in [0.2, 0.25) is 5.02 Å². The van der Waals surface area contributed by atoms with E-state index in [0.29, 0.717) is 44.3 Å². The summed E-state index contributed by atoms with van der Waals surface area (Å²) < 4.78 is 6.81. The summed E-state index contributed by atoms with van der Waals surface area (Å²) in [6.45, 7) is 6.75. The van der Waals surface area contributed by atoms with Gasteiger partial charge in [0.1, 0.15) is 0 Å². The summed E-state index contributed by atoms with van der Waals surface area (Å²) in [7, 11) is 1.33. The molecular formula is C27H26ClN3O4S. The molecule has 9 heteroatoms. The standard InChI is InChI=1S/C27H26ClN3O4S/c1-5-30(6-2)25(33)22-16(3)29-27-31(23(22)18-11-13-20(28)14-12-18)24(32)21(36-27)15-17-7-9-19(10-8-17)26(34)35-4/h7-15,23H,5-6H2,1-4H3/b21-15+/t23-/m0/s1. The summed E-state index contributed by atoms with van der Waals surface area (Å²) in [5.74, 6) is -0.571. The molecule has 1 aliphatic rings. The highest BCUT2D eigenvalue weighted by Crippen LogP contribution is 2.31. The molecular weight excluding hydrogens is 498 g/mol. The number of carbonyl (C=O) groups is 2. The summed E-state index contributed by atoms with van der Waals surface area (Å²) in [5, 5.41) is 0.568. The van der Waals surface area contributed by atoms with Crippen molar-refractivity contribution in [3.8, 4) is 0 Å². The fourth-order valence-corrected chi connectivity index (χ4v) is 5.39. The Kier molecular flexibility index (Phi) is 7.56. The zero-order chi connectivity index (χ0) is 26.0. The molecule has 1 amide bonds. The smallest absolute Gasteiger partial charge is 0.337 e. The maximum absolute atomic E-state index is 13.7. The van der Waals surface area contributed by atoms with Crippen LogP contribution in [0.4, 0.5) is 0 Å². The Balaban J connectivity index is 1.89. The van der Waals surface area contributed by atoms with Crippen LogP contribution in [-0.2, 0) is 9.53 Å². The highest BCUT2D eigenvalue weighted by atomic mass is 35.5. The Labute approximate surface area is 217 Å². The Morgan fingerprint density at radius 1 is 1.11 bits per heavy atom. The number of likely N-dealkylation sites (N-methyl/N-ethyl adjacent to an activating group) is 1. The highest BCUT2D eigenvalue weighted by molar-refractivity contribution is 7.07. The van der Waals surface area contributed by atoms with E-state index in [0.717, 1.165) is 11.1 Å². The van der Waals surface area contributed by atoms with Gasteiger partial charge in [-0.25, -0.2) is 9.79 Å². The predicted octanol–water partition coefficient (Wildman–Crippen LogP) is 3.54. The van der Waals surface area contributed by atoms with Crippen molar-refractivity contribution in [3.05, 3.63) is 101 Å². The SMILES string of the molecule is CCN(CC)C(=O)C1=C(C)N=c2s/c(=C/c3ccc(C(=O)OC)cc3)c(=O)n2[C@H]1c1ccc(Cl)cc1. The molecule has 1 aliphatic heterocycles. The van der Waals surface area contributed by atoms with Gasteiger partial charge in [-0.2, -0.15) is 0 Å². The van der Waals surface area contributed by atoms with Crippen molar-refractivity contribution in [1.29, 1.82) is 0 Å². The zero-order valence-corrected chi connectivity index (χ0v) is 22.0. The number of nitrogens with zero attached hydrogens (tertiary/aromatic N) is 3. The van der Waals surface area contributed by atoms with Crippen LogP contribution in [-0.4, -0.2) is 41.5 Å². The molecule has 3 aromatic rings. The van der Waals surface area contributed by atoms with Gasteiger partial charge in [0.15, 0.2) is 4.80 Å². The van der Waals surface area contributed by atoms with Gasteiger partial charge in [-0.3, -0.25) is 14.2 Å². The van der Waals surface area contributed by atoms with Gasteiger partial charge in [-0.15, -0.1) is 0 Å². The number of hydrogen-bond donors (Lipinski definition) is 0. The van der Waals surface area contributed by atoms with E-state index < -0.39 is 12.0 Å². The monoisotopic (exact) mass is 523 g/mol. The minimum Gasteiger partial charge on any atom is -0.465 e. The normalized spacial score (nSPS) is 15.4. The second kappa shape index (κ2) is 10.6. The van der Waals surface area contributed by atoms with Crippen LogP contribution >= 0.6 is 22.9 Å². The molecule has 7 nitrogen and oxygen atoms in total. The highest BCUT2D eigenvalue weighted by Gasteiger charge is 2.34. The van der Waals surface area contributed by atoms with Gasteiger partial charge in [0.25, 0.3) is 11.5 Å². The summed E-state index contributed by atoms with van der Waals surface area (Å²) >= 11 is 7.40. The van der Waals surface area contributed by atoms with Gasteiger partial charge >= 0.3 is 5.97 Å². The lowest BCUT2D eigenvalue weighted by molar-refractivity contribution is -0.127. The van der Waals surface area contributed by atoms with Crippen LogP contribution in [0.25, 0.3) is 6.08 Å². The molecule has 36 heavy (non-hydrogen) atoms. The third kappa shape index (κ3) is 4.79. The topological polar surface area (TPSA) is 81.0 Å². The number of ether oxygens (including phenoxy) is 1. The number of fused-ring (bicyclic) bond motifs is 1. The molecule has 0 radical (unpaired) electrons. The van der Waals surface area contributed by atoms with Gasteiger partial charge < -0.3 is 9.64 Å². The number of esters is 1. The van der Waals surface area contributed by atoms with Gasteiger partial charge in [-0.05, 0) is 62.2 Å². The summed E-state index contributed by atoms with van der Waals surface area (Å²) in [6, 6.07) is 13.4. The summed E-state index contributed by atoms with van der Waals surface area (Å²) in [5.41, 5.74) is 2.78. The first-order valence-corrected chi connectivity index (χ1v) is 12.7. The first-order valence-electron chi connectivity index (χ1n) is 11.5. The number of rotatable bonds is 6. The number of allylic oxidation sites excluding steroid dienone is 1. The van der Waals surface area contributed by atoms with E-state index in [1.165, 1.54) is 18.4 Å². The van der Waals surface area contributed by atoms with E-state index in [1.54, 1.807) is 51.9 Å². The lowest BCUT2D eigenvalue weighted by Gasteiger charge is -2.29. The lowest BCUT2D eigenvalue weighted by Crippen LogP contribution is -2.43. The van der Waals surface area contributed by atoms with E-state index in [-0.39, 0.29) is 11.5 Å². The molecule has 0 N–H and O–H groups in total. The van der Waals surface area contributed by atoms with Crippen molar-refractivity contribution in [2.24, 2.45) is 4.99 Å². The van der Waals surface area contributed by atoms with Crippen molar-refractivity contribution in [3.63, 3.8) is 0 Å². The van der Waals surface area contributed by atoms with E-state index in [2.05, 4.69) is 4.99 Å². The molecule has 1 aromatic heterocycles. The average Bonchev–Trinajstić information content (AvgIpc) is 3.18. The second-order valence-corrected chi connectivity index (χ2v) is 9.67. The Morgan fingerprint density at radius 2 is 1.75 bits per heavy atom. The number of thiazole rings is 1. The van der Waals surface area contributed by atoms with Crippen LogP contribution in [0, 0.1) is 0 Å². The molecule has 4 rings (SSSR count). The van der Waals surface area contributed by atoms with Crippen molar-refractivity contribution in [2.75, 3.05) is 20.2 Å². The second-order valence-electron chi connectivity index (χ2n) is 8.22. The number of methoxy groups -OCH3 is 1. The molecule has 0 bridgehead atoms. The average molecular weight is 524 g/mol. The first kappa shape index (κ1) is 25.6. The molecule has 0 fully saturated rings. The van der Waals surface area contributed by atoms with Crippen LogP contribution in [0.5, 0.6) is 0 Å². The van der Waals surface area contributed by atoms with Crippen molar-refractivity contribution >= 4 is 40.9 Å². The molecule has 1 atom stereocenters. The largest absolute Gasteiger partial charge is 0.465 e. The van der Waals surface area contributed by atoms with Crippen LogP contribution in [0.3, 0.4) is 0 Å². The Bertz CT molecular complexity index is 1510. The molecule has 2 heterocycles. The lowest BCUT2D eigenvalue weighted by atomic mass is 9.94. The van der Waals surface area contributed by atoms with Crippen molar-refractivity contribution in [2.45, 2.75) is 26.8 Å². The van der Waals surface area contributed by atoms with Crippen LogP contribution in [0.15, 0.2) is 69.6 Å². The molecule has 0 unspecified atom stereocenters. The fourth-order valence-electron chi connectivity index (χ4n) is 4.22. The maximum atomic E-state index is 13.7. The Morgan fingerprint density at radius 3 is 2.33 bits per heavy atom. The summed E-state index contributed by atoms with van der Waals surface area (Å²) in [6.07, 6.45) is 1.76. The molecule has 2 aromatic carbocycles. The minimum atomic E-state index is -0.629. The third-order valence-electron chi connectivity index (χ3n) is 6.12. The number of hydrogen-bond acceptors (Lipinski definition) is 6. The van der Waals surface area contributed by atoms with E-state index in [9.17, 15) is 14.4 Å². The fraction of sp³-hybridized carbons (Fsp3) is 0.259. The molecule has 0 spiro atoms. The van der Waals surface area contributed by atoms with Gasteiger partial charge in [-0.1, -0.05) is 47.2 Å². The molecule has 0 saturated heterocycles. The molecule has 186 valence electrons. The first-order chi connectivity index (χ1) is 17.3. The number of benzene rings is 2. The van der Waals surface area contributed by atoms with Gasteiger partial charge in [0.2, 0.25) is 0 Å². The Hall–Kier alpha value is -3.49. The van der Waals surface area contributed by atoms with Gasteiger partial charge in [0, 0.05) is 18.1 Å².